The van der Waals surface area contributed by atoms with Gasteiger partial charge in [0, 0.05) is 25.8 Å². The van der Waals surface area contributed by atoms with Crippen molar-refractivity contribution >= 4 is 11.7 Å². The van der Waals surface area contributed by atoms with Crippen LogP contribution in [0.1, 0.15) is 41.1 Å². The Balaban J connectivity index is 1.61. The molecule has 1 aliphatic heterocycles. The number of amides is 1. The number of carbonyl (C=O) groups excluding carboxylic acids is 1. The lowest BCUT2D eigenvalue weighted by atomic mass is 9.92. The third-order valence-electron chi connectivity index (χ3n) is 4.71. The van der Waals surface area contributed by atoms with Crippen LogP contribution in [0.3, 0.4) is 0 Å². The molecule has 132 valence electrons. The summed E-state index contributed by atoms with van der Waals surface area (Å²) in [5.74, 6) is 1.25. The molecule has 25 heavy (non-hydrogen) atoms. The zero-order chi connectivity index (χ0) is 17.5. The number of carbonyl (C=O) groups is 1. The van der Waals surface area contributed by atoms with Crippen LogP contribution < -0.4 is 5.32 Å². The fourth-order valence-electron chi connectivity index (χ4n) is 3.35. The van der Waals surface area contributed by atoms with Crippen molar-refractivity contribution in [3.8, 4) is 0 Å². The number of hydrogen-bond acceptors (Lipinski definition) is 4. The van der Waals surface area contributed by atoms with E-state index < -0.39 is 0 Å². The number of pyridine rings is 1. The van der Waals surface area contributed by atoms with Crippen LogP contribution in [0, 0.1) is 0 Å². The Bertz CT molecular complexity index is 673. The number of hydrogen-bond donors (Lipinski definition) is 2. The molecule has 0 bridgehead atoms. The number of aromatic nitrogens is 1. The van der Waals surface area contributed by atoms with Crippen LogP contribution in [-0.2, 0) is 0 Å². The van der Waals surface area contributed by atoms with Gasteiger partial charge in [-0.1, -0.05) is 30.3 Å². The molecule has 2 heterocycles. The van der Waals surface area contributed by atoms with Crippen molar-refractivity contribution in [1.82, 2.24) is 9.88 Å². The summed E-state index contributed by atoms with van der Waals surface area (Å²) >= 11 is 0. The van der Waals surface area contributed by atoms with Crippen molar-refractivity contribution in [2.45, 2.75) is 25.2 Å². The summed E-state index contributed by atoms with van der Waals surface area (Å²) in [7, 11) is 0. The number of likely N-dealkylation sites (tertiary alicyclic amines) is 1. The minimum absolute atomic E-state index is 0.0509. The average molecular weight is 339 g/mol. The van der Waals surface area contributed by atoms with E-state index in [1.807, 2.05) is 11.0 Å². The molecule has 0 radical (unpaired) electrons. The van der Waals surface area contributed by atoms with Crippen LogP contribution in [-0.4, -0.2) is 47.1 Å². The number of aliphatic hydroxyl groups excluding tert-OH is 1. The largest absolute Gasteiger partial charge is 0.395 e. The van der Waals surface area contributed by atoms with Gasteiger partial charge >= 0.3 is 0 Å². The standard InChI is InChI=1S/C20H25N3O2/c24-14-11-21-19-9-8-18(15-22-19)20(25)23-12-4-7-17(10-13-23)16-5-2-1-3-6-16/h1-3,5-6,8-9,15,17,24H,4,7,10-14H2,(H,21,22). The second-order valence-electron chi connectivity index (χ2n) is 6.41. The topological polar surface area (TPSA) is 65.5 Å². The molecule has 1 atom stereocenters. The summed E-state index contributed by atoms with van der Waals surface area (Å²) < 4.78 is 0. The molecule has 1 aromatic carbocycles. The highest BCUT2D eigenvalue weighted by molar-refractivity contribution is 5.94. The molecular formula is C20H25N3O2. The van der Waals surface area contributed by atoms with Crippen molar-refractivity contribution < 1.29 is 9.90 Å². The number of benzene rings is 1. The first kappa shape index (κ1) is 17.4. The number of rotatable bonds is 5. The predicted octanol–water partition coefficient (Wildman–Crippen LogP) is 2.90. The van der Waals surface area contributed by atoms with Crippen LogP contribution in [0.25, 0.3) is 0 Å². The Labute approximate surface area is 148 Å². The lowest BCUT2D eigenvalue weighted by Gasteiger charge is -2.21. The molecule has 0 aliphatic carbocycles. The van der Waals surface area contributed by atoms with Crippen molar-refractivity contribution in [3.63, 3.8) is 0 Å². The number of aliphatic hydroxyl groups is 1. The maximum Gasteiger partial charge on any atom is 0.255 e. The van der Waals surface area contributed by atoms with E-state index in [0.717, 1.165) is 32.4 Å². The Morgan fingerprint density at radius 2 is 2.00 bits per heavy atom. The second-order valence-corrected chi connectivity index (χ2v) is 6.41. The molecule has 0 saturated carbocycles. The Morgan fingerprint density at radius 3 is 2.72 bits per heavy atom. The van der Waals surface area contributed by atoms with Gasteiger partial charge in [-0.25, -0.2) is 4.98 Å². The SMILES string of the molecule is O=C(c1ccc(NCCO)nc1)N1CCCC(c2ccccc2)CC1. The fourth-order valence-corrected chi connectivity index (χ4v) is 3.35. The molecule has 2 aromatic rings. The summed E-state index contributed by atoms with van der Waals surface area (Å²) in [5, 5.41) is 11.8. The molecule has 5 heteroatoms. The van der Waals surface area contributed by atoms with Gasteiger partial charge in [-0.15, -0.1) is 0 Å². The zero-order valence-electron chi connectivity index (χ0n) is 14.4. The highest BCUT2D eigenvalue weighted by Crippen LogP contribution is 2.28. The third-order valence-corrected chi connectivity index (χ3v) is 4.71. The highest BCUT2D eigenvalue weighted by atomic mass is 16.3. The van der Waals surface area contributed by atoms with Crippen LogP contribution in [0.4, 0.5) is 5.82 Å². The second kappa shape index (κ2) is 8.62. The van der Waals surface area contributed by atoms with Crippen LogP contribution in [0.5, 0.6) is 0 Å². The maximum atomic E-state index is 12.7. The molecule has 1 unspecified atom stereocenters. The van der Waals surface area contributed by atoms with E-state index in [2.05, 4.69) is 34.6 Å². The molecule has 1 amide bonds. The lowest BCUT2D eigenvalue weighted by molar-refractivity contribution is 0.0760. The Morgan fingerprint density at radius 1 is 1.16 bits per heavy atom. The molecular weight excluding hydrogens is 314 g/mol. The summed E-state index contributed by atoms with van der Waals surface area (Å²) in [4.78, 5) is 18.9. The molecule has 1 fully saturated rings. The van der Waals surface area contributed by atoms with Crippen molar-refractivity contribution in [2.75, 3.05) is 31.6 Å². The monoisotopic (exact) mass is 339 g/mol. The van der Waals surface area contributed by atoms with Gasteiger partial charge in [-0.05, 0) is 42.9 Å². The van der Waals surface area contributed by atoms with Crippen molar-refractivity contribution in [2.24, 2.45) is 0 Å². The van der Waals surface area contributed by atoms with E-state index in [4.69, 9.17) is 5.11 Å². The van der Waals surface area contributed by atoms with Gasteiger partial charge in [-0.2, -0.15) is 0 Å². The van der Waals surface area contributed by atoms with Gasteiger partial charge < -0.3 is 15.3 Å². The van der Waals surface area contributed by atoms with Crippen LogP contribution >= 0.6 is 0 Å². The normalized spacial score (nSPS) is 17.8. The van der Waals surface area contributed by atoms with Gasteiger partial charge in [0.25, 0.3) is 5.91 Å². The van der Waals surface area contributed by atoms with Gasteiger partial charge in [0.1, 0.15) is 5.82 Å². The number of nitrogens with zero attached hydrogens (tertiary/aromatic N) is 2. The molecule has 1 aromatic heterocycles. The van der Waals surface area contributed by atoms with E-state index in [1.165, 1.54) is 5.56 Å². The lowest BCUT2D eigenvalue weighted by Crippen LogP contribution is -2.32. The van der Waals surface area contributed by atoms with Crippen molar-refractivity contribution in [1.29, 1.82) is 0 Å². The summed E-state index contributed by atoms with van der Waals surface area (Å²) in [6.07, 6.45) is 4.76. The fraction of sp³-hybridized carbons (Fsp3) is 0.400. The average Bonchev–Trinajstić information content (AvgIpc) is 2.93. The first-order valence-corrected chi connectivity index (χ1v) is 8.93. The third kappa shape index (κ3) is 4.57. The minimum atomic E-state index is 0.0509. The van der Waals surface area contributed by atoms with Gasteiger partial charge in [0.2, 0.25) is 0 Å². The summed E-state index contributed by atoms with van der Waals surface area (Å²) in [5.41, 5.74) is 1.99. The highest BCUT2D eigenvalue weighted by Gasteiger charge is 2.22. The van der Waals surface area contributed by atoms with Gasteiger partial charge in [-0.3, -0.25) is 4.79 Å². The summed E-state index contributed by atoms with van der Waals surface area (Å²) in [6.45, 7) is 2.08. The molecule has 3 rings (SSSR count). The quantitative estimate of drug-likeness (QED) is 0.879. The predicted molar refractivity (Wildman–Crippen MR) is 98.8 cm³/mol. The van der Waals surface area contributed by atoms with E-state index in [9.17, 15) is 4.79 Å². The molecule has 1 aliphatic rings. The van der Waals surface area contributed by atoms with E-state index >= 15 is 0 Å². The molecule has 1 saturated heterocycles. The van der Waals surface area contributed by atoms with Crippen molar-refractivity contribution in [3.05, 3.63) is 59.8 Å². The van der Waals surface area contributed by atoms with Crippen LogP contribution in [0.15, 0.2) is 48.7 Å². The van der Waals surface area contributed by atoms with E-state index in [-0.39, 0.29) is 12.5 Å². The minimum Gasteiger partial charge on any atom is -0.395 e. The van der Waals surface area contributed by atoms with Crippen LogP contribution in [0.2, 0.25) is 0 Å². The first-order chi connectivity index (χ1) is 12.3. The van der Waals surface area contributed by atoms with Gasteiger partial charge in [0.15, 0.2) is 0 Å². The first-order valence-electron chi connectivity index (χ1n) is 8.93. The molecule has 0 spiro atoms. The summed E-state index contributed by atoms with van der Waals surface area (Å²) in [6, 6.07) is 14.2. The van der Waals surface area contributed by atoms with E-state index in [0.29, 0.717) is 23.8 Å². The Hall–Kier alpha value is -2.40. The van der Waals surface area contributed by atoms with Gasteiger partial charge in [0.05, 0.1) is 12.2 Å². The maximum absolute atomic E-state index is 12.7. The smallest absolute Gasteiger partial charge is 0.255 e. The zero-order valence-corrected chi connectivity index (χ0v) is 14.4. The molecule has 2 N–H and O–H groups in total. The van der Waals surface area contributed by atoms with E-state index in [1.54, 1.807) is 18.3 Å². The Kier molecular flexibility index (Phi) is 6.01. The number of nitrogens with one attached hydrogen (secondary N) is 1. The molecule has 5 nitrogen and oxygen atoms in total. The number of anilines is 1.